The maximum absolute atomic E-state index is 5.67. The molecule has 0 radical (unpaired) electrons. The van der Waals surface area contributed by atoms with Crippen molar-refractivity contribution in [1.29, 1.82) is 0 Å². The maximum Gasteiger partial charge on any atom is 0.0680 e. The van der Waals surface area contributed by atoms with Crippen LogP contribution in [0.1, 0.15) is 44.5 Å². The number of nitrogens with two attached hydrogens (primary N) is 1. The summed E-state index contributed by atoms with van der Waals surface area (Å²) in [6.07, 6.45) is 1.24. The van der Waals surface area contributed by atoms with E-state index in [9.17, 15) is 0 Å². The van der Waals surface area contributed by atoms with Crippen LogP contribution in [0.5, 0.6) is 0 Å². The largest absolute Gasteiger partial charge is 0.330 e. The van der Waals surface area contributed by atoms with Crippen molar-refractivity contribution in [3.05, 3.63) is 17.5 Å². The van der Waals surface area contributed by atoms with Crippen molar-refractivity contribution < 1.29 is 0 Å². The Morgan fingerprint density at radius 3 is 2.60 bits per heavy atom. The fourth-order valence-electron chi connectivity index (χ4n) is 2.07. The van der Waals surface area contributed by atoms with Crippen LogP contribution in [0.4, 0.5) is 0 Å². The lowest BCUT2D eigenvalue weighted by Crippen LogP contribution is -2.12. The molecule has 1 heterocycles. The molecule has 2 rings (SSSR count). The van der Waals surface area contributed by atoms with Gasteiger partial charge in [-0.05, 0) is 24.9 Å². The van der Waals surface area contributed by atoms with Gasteiger partial charge in [-0.25, -0.2) is 0 Å². The smallest absolute Gasteiger partial charge is 0.0680 e. The molecule has 0 aliphatic heterocycles. The summed E-state index contributed by atoms with van der Waals surface area (Å²) < 4.78 is 2.03. The van der Waals surface area contributed by atoms with E-state index in [4.69, 9.17) is 5.73 Å². The van der Waals surface area contributed by atoms with Crippen molar-refractivity contribution in [2.24, 2.45) is 18.7 Å². The van der Waals surface area contributed by atoms with E-state index in [1.807, 2.05) is 11.7 Å². The van der Waals surface area contributed by atoms with E-state index in [0.717, 1.165) is 6.54 Å². The lowest BCUT2D eigenvalue weighted by Gasteiger charge is -2.13. The number of aryl methyl sites for hydroxylation is 1. The molecule has 0 saturated heterocycles. The number of hydrogen-bond donors (Lipinski definition) is 1. The van der Waals surface area contributed by atoms with E-state index in [1.54, 1.807) is 0 Å². The first-order chi connectivity index (χ1) is 6.93. The van der Waals surface area contributed by atoms with E-state index in [-0.39, 0.29) is 5.41 Å². The molecule has 1 fully saturated rings. The molecule has 2 N–H and O–H groups in total. The van der Waals surface area contributed by atoms with Crippen LogP contribution in [0.2, 0.25) is 0 Å². The molecule has 2 atom stereocenters. The van der Waals surface area contributed by atoms with Crippen LogP contribution in [0.15, 0.2) is 6.07 Å². The van der Waals surface area contributed by atoms with Gasteiger partial charge in [0.1, 0.15) is 0 Å². The minimum absolute atomic E-state index is 0.142. The van der Waals surface area contributed by atoms with Crippen LogP contribution < -0.4 is 5.73 Å². The third-order valence-corrected chi connectivity index (χ3v) is 3.29. The van der Waals surface area contributed by atoms with Gasteiger partial charge in [-0.15, -0.1) is 0 Å². The molecule has 0 amide bonds. The number of nitrogens with zero attached hydrogens (tertiary/aromatic N) is 2. The molecule has 1 aromatic heterocycles. The fraction of sp³-hybridized carbons (Fsp3) is 0.750. The Labute approximate surface area is 91.7 Å². The summed E-state index contributed by atoms with van der Waals surface area (Å²) >= 11 is 0. The monoisotopic (exact) mass is 207 g/mol. The Morgan fingerprint density at radius 1 is 1.53 bits per heavy atom. The molecule has 84 valence electrons. The number of hydrogen-bond acceptors (Lipinski definition) is 2. The molecule has 1 saturated carbocycles. The molecule has 1 aromatic rings. The highest BCUT2D eigenvalue weighted by Crippen LogP contribution is 2.47. The van der Waals surface area contributed by atoms with E-state index in [1.165, 1.54) is 17.8 Å². The van der Waals surface area contributed by atoms with Gasteiger partial charge in [-0.1, -0.05) is 20.8 Å². The van der Waals surface area contributed by atoms with Gasteiger partial charge in [0.2, 0.25) is 0 Å². The minimum Gasteiger partial charge on any atom is -0.330 e. The minimum atomic E-state index is 0.142. The first-order valence-electron chi connectivity index (χ1n) is 5.68. The Hall–Kier alpha value is -0.830. The summed E-state index contributed by atoms with van der Waals surface area (Å²) in [5.41, 5.74) is 8.36. The third kappa shape index (κ3) is 1.93. The first-order valence-corrected chi connectivity index (χ1v) is 5.68. The maximum atomic E-state index is 5.67. The van der Waals surface area contributed by atoms with Gasteiger partial charge < -0.3 is 5.73 Å². The molecule has 0 bridgehead atoms. The zero-order chi connectivity index (χ0) is 11.2. The van der Waals surface area contributed by atoms with Gasteiger partial charge in [0.05, 0.1) is 5.69 Å². The van der Waals surface area contributed by atoms with Crippen molar-refractivity contribution in [3.63, 3.8) is 0 Å². The zero-order valence-electron chi connectivity index (χ0n) is 10.1. The molecule has 0 aromatic carbocycles. The van der Waals surface area contributed by atoms with Crippen molar-refractivity contribution in [2.75, 3.05) is 6.54 Å². The molecule has 1 aliphatic rings. The van der Waals surface area contributed by atoms with Crippen LogP contribution in [0, 0.1) is 5.92 Å². The van der Waals surface area contributed by atoms with Crippen LogP contribution in [-0.2, 0) is 12.5 Å². The standard InChI is InChI=1S/C12H21N3/c1-12(2,3)11-6-10(15(4)14-11)9-5-8(9)7-13/h6,8-9H,5,7,13H2,1-4H3/t8-,9+/m0/s1. The first kappa shape index (κ1) is 10.7. The number of rotatable bonds is 2. The van der Waals surface area contributed by atoms with E-state index in [2.05, 4.69) is 31.9 Å². The van der Waals surface area contributed by atoms with E-state index < -0.39 is 0 Å². The van der Waals surface area contributed by atoms with Crippen LogP contribution in [0.25, 0.3) is 0 Å². The second-order valence-electron chi connectivity index (χ2n) is 5.67. The van der Waals surface area contributed by atoms with Crippen molar-refractivity contribution in [2.45, 2.75) is 38.5 Å². The predicted octanol–water partition coefficient (Wildman–Crippen LogP) is 1.78. The molecular formula is C12H21N3. The predicted molar refractivity (Wildman–Crippen MR) is 61.8 cm³/mol. The quantitative estimate of drug-likeness (QED) is 0.803. The summed E-state index contributed by atoms with van der Waals surface area (Å²) in [6.45, 7) is 7.41. The number of aromatic nitrogens is 2. The topological polar surface area (TPSA) is 43.8 Å². The Kier molecular flexibility index (Phi) is 2.38. The van der Waals surface area contributed by atoms with Crippen LogP contribution in [-0.4, -0.2) is 16.3 Å². The summed E-state index contributed by atoms with van der Waals surface area (Å²) in [5.74, 6) is 1.34. The van der Waals surface area contributed by atoms with Crippen LogP contribution >= 0.6 is 0 Å². The second kappa shape index (κ2) is 3.34. The van der Waals surface area contributed by atoms with Gasteiger partial charge in [0, 0.05) is 24.1 Å². The molecule has 0 spiro atoms. The van der Waals surface area contributed by atoms with Crippen molar-refractivity contribution >= 4 is 0 Å². The molecule has 3 nitrogen and oxygen atoms in total. The molecular weight excluding hydrogens is 186 g/mol. The second-order valence-corrected chi connectivity index (χ2v) is 5.67. The Balaban J connectivity index is 2.24. The SMILES string of the molecule is Cn1nc(C(C)(C)C)cc1[C@@H]1C[C@H]1CN. The zero-order valence-corrected chi connectivity index (χ0v) is 10.1. The van der Waals surface area contributed by atoms with Crippen LogP contribution in [0.3, 0.4) is 0 Å². The molecule has 3 heteroatoms. The highest BCUT2D eigenvalue weighted by Gasteiger charge is 2.39. The normalized spacial score (nSPS) is 25.7. The Morgan fingerprint density at radius 2 is 2.20 bits per heavy atom. The Bertz CT molecular complexity index is 359. The summed E-state index contributed by atoms with van der Waals surface area (Å²) in [4.78, 5) is 0. The highest BCUT2D eigenvalue weighted by atomic mass is 15.3. The molecule has 0 unspecified atom stereocenters. The molecule has 1 aliphatic carbocycles. The van der Waals surface area contributed by atoms with Gasteiger partial charge in [0.15, 0.2) is 0 Å². The lowest BCUT2D eigenvalue weighted by atomic mass is 9.92. The average molecular weight is 207 g/mol. The summed E-state index contributed by atoms with van der Waals surface area (Å²) in [7, 11) is 2.04. The summed E-state index contributed by atoms with van der Waals surface area (Å²) in [6, 6.07) is 2.25. The molecule has 15 heavy (non-hydrogen) atoms. The van der Waals surface area contributed by atoms with Gasteiger partial charge in [0.25, 0.3) is 0 Å². The van der Waals surface area contributed by atoms with E-state index >= 15 is 0 Å². The van der Waals surface area contributed by atoms with Crippen molar-refractivity contribution in [1.82, 2.24) is 9.78 Å². The average Bonchev–Trinajstić information content (AvgIpc) is 2.80. The van der Waals surface area contributed by atoms with Crippen molar-refractivity contribution in [3.8, 4) is 0 Å². The highest BCUT2D eigenvalue weighted by molar-refractivity contribution is 5.25. The van der Waals surface area contributed by atoms with Gasteiger partial charge >= 0.3 is 0 Å². The third-order valence-electron chi connectivity index (χ3n) is 3.29. The van der Waals surface area contributed by atoms with E-state index in [0.29, 0.717) is 11.8 Å². The van der Waals surface area contributed by atoms with Gasteiger partial charge in [-0.2, -0.15) is 5.10 Å². The fourth-order valence-corrected chi connectivity index (χ4v) is 2.07. The summed E-state index contributed by atoms with van der Waals surface area (Å²) in [5, 5.41) is 4.59. The van der Waals surface area contributed by atoms with Gasteiger partial charge in [-0.3, -0.25) is 4.68 Å². The lowest BCUT2D eigenvalue weighted by molar-refractivity contribution is 0.551.